The summed E-state index contributed by atoms with van der Waals surface area (Å²) >= 11 is 8.60. The molecular formula is C23H20BrN3O2S. The van der Waals surface area contributed by atoms with E-state index in [1.54, 1.807) is 12.1 Å². The first-order valence-corrected chi connectivity index (χ1v) is 10.4. The number of hydrogen-bond donors (Lipinski definition) is 3. The van der Waals surface area contributed by atoms with Gasteiger partial charge < -0.3 is 5.32 Å². The van der Waals surface area contributed by atoms with Crippen LogP contribution in [0.1, 0.15) is 33.0 Å². The Bertz CT molecular complexity index is 1020. The molecule has 7 heteroatoms. The molecule has 3 aromatic rings. The van der Waals surface area contributed by atoms with Crippen LogP contribution in [0.2, 0.25) is 0 Å². The van der Waals surface area contributed by atoms with Crippen molar-refractivity contribution in [3.63, 3.8) is 0 Å². The zero-order valence-corrected chi connectivity index (χ0v) is 18.6. The molecule has 0 spiro atoms. The van der Waals surface area contributed by atoms with Crippen molar-refractivity contribution in [1.82, 2.24) is 16.2 Å². The molecule has 2 amide bonds. The second-order valence-corrected chi connectivity index (χ2v) is 7.88. The van der Waals surface area contributed by atoms with Gasteiger partial charge in [0.1, 0.15) is 0 Å². The molecule has 152 valence electrons. The molecule has 0 atom stereocenters. The van der Waals surface area contributed by atoms with E-state index in [4.69, 9.17) is 12.2 Å². The quantitative estimate of drug-likeness (QED) is 0.385. The van der Waals surface area contributed by atoms with Crippen LogP contribution in [0.25, 0.3) is 0 Å². The molecule has 0 aliphatic carbocycles. The molecule has 0 saturated heterocycles. The van der Waals surface area contributed by atoms with Crippen LogP contribution in [0.4, 0.5) is 0 Å². The Kier molecular flexibility index (Phi) is 7.32. The molecule has 30 heavy (non-hydrogen) atoms. The highest BCUT2D eigenvalue weighted by molar-refractivity contribution is 9.10. The van der Waals surface area contributed by atoms with Crippen LogP contribution >= 0.6 is 28.1 Å². The van der Waals surface area contributed by atoms with Crippen LogP contribution in [-0.4, -0.2) is 16.9 Å². The summed E-state index contributed by atoms with van der Waals surface area (Å²) in [5.74, 6) is -1.19. The van der Waals surface area contributed by atoms with E-state index in [1.807, 2.05) is 73.7 Å². The van der Waals surface area contributed by atoms with Gasteiger partial charge in [0.15, 0.2) is 5.11 Å². The Morgan fingerprint density at radius 2 is 1.43 bits per heavy atom. The Morgan fingerprint density at radius 3 is 1.97 bits per heavy atom. The number of carbonyl (C=O) groups excluding carboxylic acids is 2. The number of nitrogens with one attached hydrogen (secondary N) is 3. The van der Waals surface area contributed by atoms with Gasteiger partial charge in [0.25, 0.3) is 5.91 Å². The van der Waals surface area contributed by atoms with Gasteiger partial charge in [-0.3, -0.25) is 20.4 Å². The normalized spacial score (nSPS) is 10.4. The number of halogens is 1. The summed E-state index contributed by atoms with van der Waals surface area (Å²) in [7, 11) is 0. The Hall–Kier alpha value is -3.03. The lowest BCUT2D eigenvalue weighted by Crippen LogP contribution is -2.49. The van der Waals surface area contributed by atoms with Crippen molar-refractivity contribution in [2.24, 2.45) is 0 Å². The summed E-state index contributed by atoms with van der Waals surface area (Å²) in [4.78, 5) is 25.3. The van der Waals surface area contributed by atoms with Gasteiger partial charge in [-0.1, -0.05) is 82.7 Å². The average molecular weight is 482 g/mol. The van der Waals surface area contributed by atoms with Gasteiger partial charge in [-0.15, -0.1) is 0 Å². The number of thiocarbonyl (C=S) groups is 1. The number of hydrazine groups is 1. The van der Waals surface area contributed by atoms with Gasteiger partial charge in [-0.25, -0.2) is 0 Å². The van der Waals surface area contributed by atoms with Crippen molar-refractivity contribution in [2.45, 2.75) is 12.8 Å². The zero-order valence-electron chi connectivity index (χ0n) is 16.2. The van der Waals surface area contributed by atoms with E-state index in [0.717, 1.165) is 21.2 Å². The predicted octanol–water partition coefficient (Wildman–Crippen LogP) is 4.23. The van der Waals surface area contributed by atoms with Gasteiger partial charge in [0, 0.05) is 10.0 Å². The Labute approximate surface area is 189 Å². The molecule has 3 N–H and O–H groups in total. The summed E-state index contributed by atoms with van der Waals surface area (Å²) in [6.07, 6.45) is 0. The maximum atomic E-state index is 13.0. The van der Waals surface area contributed by atoms with Crippen molar-refractivity contribution in [1.29, 1.82) is 0 Å². The number of benzene rings is 3. The second-order valence-electron chi connectivity index (χ2n) is 6.62. The first-order valence-electron chi connectivity index (χ1n) is 9.23. The van der Waals surface area contributed by atoms with E-state index in [1.165, 1.54) is 0 Å². The molecule has 3 aromatic carbocycles. The Morgan fingerprint density at radius 1 is 0.867 bits per heavy atom. The van der Waals surface area contributed by atoms with E-state index in [0.29, 0.717) is 5.56 Å². The third kappa shape index (κ3) is 5.52. The standard InChI is InChI=1S/C23H20BrN3O2S/c1-15-12-13-18(14-19(15)24)21(28)26-27-23(30)25-22(29)20(16-8-4-2-5-9-16)17-10-6-3-7-11-17/h2-14,20H,1H3,(H,26,28)(H2,25,27,29,30). The van der Waals surface area contributed by atoms with Gasteiger partial charge in [0.05, 0.1) is 5.92 Å². The molecule has 5 nitrogen and oxygen atoms in total. The van der Waals surface area contributed by atoms with E-state index in [-0.39, 0.29) is 16.9 Å². The minimum Gasteiger partial charge on any atom is -0.301 e. The van der Waals surface area contributed by atoms with Gasteiger partial charge >= 0.3 is 0 Å². The molecule has 0 fully saturated rings. The molecule has 0 bridgehead atoms. The number of rotatable bonds is 4. The van der Waals surface area contributed by atoms with E-state index < -0.39 is 5.92 Å². The maximum absolute atomic E-state index is 13.0. The fraction of sp³-hybridized carbons (Fsp3) is 0.0870. The summed E-state index contributed by atoms with van der Waals surface area (Å²) in [5.41, 5.74) is 8.26. The van der Waals surface area contributed by atoms with Gasteiger partial charge in [0.2, 0.25) is 5.91 Å². The van der Waals surface area contributed by atoms with Crippen LogP contribution in [0.3, 0.4) is 0 Å². The van der Waals surface area contributed by atoms with Crippen molar-refractivity contribution in [3.05, 3.63) is 106 Å². The number of hydrogen-bond acceptors (Lipinski definition) is 3. The van der Waals surface area contributed by atoms with Crippen LogP contribution < -0.4 is 16.2 Å². The summed E-state index contributed by atoms with van der Waals surface area (Å²) in [6.45, 7) is 1.94. The van der Waals surface area contributed by atoms with Gasteiger partial charge in [-0.2, -0.15) is 0 Å². The van der Waals surface area contributed by atoms with Crippen LogP contribution in [0, 0.1) is 6.92 Å². The van der Waals surface area contributed by atoms with Crippen molar-refractivity contribution >= 4 is 45.1 Å². The molecule has 0 aromatic heterocycles. The second kappa shape index (κ2) is 10.1. The first kappa shape index (κ1) is 21.7. The molecule has 0 unspecified atom stereocenters. The lowest BCUT2D eigenvalue weighted by Gasteiger charge is -2.19. The van der Waals surface area contributed by atoms with E-state index in [2.05, 4.69) is 32.1 Å². The van der Waals surface area contributed by atoms with Crippen LogP contribution in [-0.2, 0) is 4.79 Å². The monoisotopic (exact) mass is 481 g/mol. The molecule has 0 aliphatic heterocycles. The SMILES string of the molecule is Cc1ccc(C(=O)NNC(=S)NC(=O)C(c2ccccc2)c2ccccc2)cc1Br. The molecule has 0 radical (unpaired) electrons. The topological polar surface area (TPSA) is 70.2 Å². The highest BCUT2D eigenvalue weighted by atomic mass is 79.9. The fourth-order valence-electron chi connectivity index (χ4n) is 2.92. The highest BCUT2D eigenvalue weighted by Crippen LogP contribution is 2.24. The van der Waals surface area contributed by atoms with E-state index >= 15 is 0 Å². The van der Waals surface area contributed by atoms with Crippen LogP contribution in [0.5, 0.6) is 0 Å². The van der Waals surface area contributed by atoms with E-state index in [9.17, 15) is 9.59 Å². The predicted molar refractivity (Wildman–Crippen MR) is 125 cm³/mol. The first-order chi connectivity index (χ1) is 14.5. The minimum absolute atomic E-state index is 0.0105. The largest absolute Gasteiger partial charge is 0.301 e. The number of aryl methyl sites for hydroxylation is 1. The third-order valence-electron chi connectivity index (χ3n) is 4.49. The average Bonchev–Trinajstić information content (AvgIpc) is 2.75. The number of carbonyl (C=O) groups is 2. The molecular weight excluding hydrogens is 462 g/mol. The lowest BCUT2D eigenvalue weighted by atomic mass is 9.90. The zero-order chi connectivity index (χ0) is 21.5. The molecule has 3 rings (SSSR count). The molecule has 0 aliphatic rings. The highest BCUT2D eigenvalue weighted by Gasteiger charge is 2.23. The van der Waals surface area contributed by atoms with Gasteiger partial charge in [-0.05, 0) is 48.0 Å². The number of amides is 2. The summed E-state index contributed by atoms with van der Waals surface area (Å²) < 4.78 is 0.833. The molecule has 0 saturated carbocycles. The summed E-state index contributed by atoms with van der Waals surface area (Å²) in [5, 5.41) is 2.67. The van der Waals surface area contributed by atoms with Crippen molar-refractivity contribution < 1.29 is 9.59 Å². The van der Waals surface area contributed by atoms with Crippen LogP contribution in [0.15, 0.2) is 83.3 Å². The third-order valence-corrected chi connectivity index (χ3v) is 5.55. The molecule has 0 heterocycles. The smallest absolute Gasteiger partial charge is 0.269 e. The minimum atomic E-state index is -0.532. The lowest BCUT2D eigenvalue weighted by molar-refractivity contribution is -0.120. The summed E-state index contributed by atoms with van der Waals surface area (Å²) in [6, 6.07) is 24.2. The van der Waals surface area contributed by atoms with Crippen molar-refractivity contribution in [2.75, 3.05) is 0 Å². The van der Waals surface area contributed by atoms with Crippen molar-refractivity contribution in [3.8, 4) is 0 Å². The maximum Gasteiger partial charge on any atom is 0.269 e. The fourth-order valence-corrected chi connectivity index (χ4v) is 3.45. The Balaban J connectivity index is 1.66.